The molecular weight excluding hydrogens is 1550 g/mol. The van der Waals surface area contributed by atoms with E-state index in [0.717, 1.165) is 141 Å². The van der Waals surface area contributed by atoms with Crippen LogP contribution in [0.3, 0.4) is 0 Å². The number of carbonyl (C=O) groups is 4. The molecule has 0 aliphatic carbocycles. The Morgan fingerprint density at radius 2 is 0.700 bits per heavy atom. The zero-order chi connectivity index (χ0) is 86.8. The standard InChI is InChI=1S/C94H170O26/c1-9-13-17-20-23-26-29-32-35-38-43-48-54-60-71(96)113-82-66(6)108-90(79(104)78(82)103)117-84-68(8)110-94(118-83-67(7)109-91-81(106)86(83)115-73(98)62-56-51-46-41-42-47-53-59-69(58-52-16-12-4)111-93-87(119-91)77(102)75(100)65(5)107-93)89(116-74(99)63-57-50-45-40-37-34-31-28-25-22-19-15-11-3)88(84)120-92-80(105)85(76(101)70(64-95)112-92)114-72(97)61-55-49-44-39-36-33-30-27-24-21-18-14-10-2/h65-70,75-95,100-106H,9-64H2,1-8H3. The van der Waals surface area contributed by atoms with E-state index in [1.54, 1.807) is 20.8 Å². The number of esters is 4. The summed E-state index contributed by atoms with van der Waals surface area (Å²) in [6.45, 7) is 14.2. The second-order valence-electron chi connectivity index (χ2n) is 36.0. The Bertz CT molecular complexity index is 2630. The van der Waals surface area contributed by atoms with E-state index in [-0.39, 0.29) is 31.8 Å². The Hall–Kier alpha value is -2.84. The van der Waals surface area contributed by atoms with Gasteiger partial charge in [0.1, 0.15) is 73.2 Å². The molecule has 0 aromatic heterocycles. The van der Waals surface area contributed by atoms with Crippen LogP contribution in [-0.4, -0.2) is 231 Å². The van der Waals surface area contributed by atoms with Gasteiger partial charge in [-0.05, 0) is 66.2 Å². The lowest BCUT2D eigenvalue weighted by Gasteiger charge is -2.51. The van der Waals surface area contributed by atoms with Crippen molar-refractivity contribution in [2.45, 2.75) is 568 Å². The fourth-order valence-corrected chi connectivity index (χ4v) is 17.8. The van der Waals surface area contributed by atoms with Crippen molar-refractivity contribution in [1.29, 1.82) is 0 Å². The van der Waals surface area contributed by atoms with Crippen LogP contribution < -0.4 is 0 Å². The summed E-state index contributed by atoms with van der Waals surface area (Å²) in [7, 11) is 0. The predicted molar refractivity (Wildman–Crippen MR) is 456 cm³/mol. The molecule has 0 aromatic rings. The van der Waals surface area contributed by atoms with Crippen LogP contribution in [0.1, 0.15) is 409 Å². The smallest absolute Gasteiger partial charge is 0.306 e. The summed E-state index contributed by atoms with van der Waals surface area (Å²) in [6, 6.07) is 0. The highest BCUT2D eigenvalue weighted by atomic mass is 16.8. The van der Waals surface area contributed by atoms with Crippen LogP contribution in [-0.2, 0) is 85.5 Å². The molecule has 702 valence electrons. The van der Waals surface area contributed by atoms with E-state index in [1.807, 2.05) is 0 Å². The number of fused-ring (bicyclic) bond motifs is 3. The molecule has 26 heteroatoms. The second-order valence-corrected chi connectivity index (χ2v) is 36.0. The highest BCUT2D eigenvalue weighted by Crippen LogP contribution is 2.41. The molecule has 26 atom stereocenters. The quantitative estimate of drug-likeness (QED) is 0.0159. The third kappa shape index (κ3) is 38.6. The lowest BCUT2D eigenvalue weighted by molar-refractivity contribution is -0.400. The average molecular weight is 1720 g/mol. The number of ether oxygens (including phenoxy) is 14. The van der Waals surface area contributed by atoms with Crippen molar-refractivity contribution in [3.05, 3.63) is 0 Å². The second kappa shape index (κ2) is 62.4. The molecule has 0 radical (unpaired) electrons. The minimum atomic E-state index is -2.02. The first kappa shape index (κ1) is 106. The van der Waals surface area contributed by atoms with Gasteiger partial charge in [-0.1, -0.05) is 317 Å². The van der Waals surface area contributed by atoms with Gasteiger partial charge in [0.25, 0.3) is 0 Å². The summed E-state index contributed by atoms with van der Waals surface area (Å²) >= 11 is 0. The molecule has 120 heavy (non-hydrogen) atoms. The molecule has 2 bridgehead atoms. The summed E-state index contributed by atoms with van der Waals surface area (Å²) in [5, 5.41) is 95.5. The van der Waals surface area contributed by atoms with Gasteiger partial charge in [-0.3, -0.25) is 19.2 Å². The predicted octanol–water partition coefficient (Wildman–Crippen LogP) is 16.3. The van der Waals surface area contributed by atoms with Gasteiger partial charge in [0.2, 0.25) is 0 Å². The minimum Gasteiger partial charge on any atom is -0.457 e. The molecule has 8 N–H and O–H groups in total. The number of hydrogen-bond acceptors (Lipinski definition) is 26. The van der Waals surface area contributed by atoms with E-state index in [9.17, 15) is 60.0 Å². The summed E-state index contributed by atoms with van der Waals surface area (Å²) < 4.78 is 90.9. The molecule has 6 saturated heterocycles. The van der Waals surface area contributed by atoms with Gasteiger partial charge in [0.15, 0.2) is 55.9 Å². The van der Waals surface area contributed by atoms with Crippen LogP contribution >= 0.6 is 0 Å². The zero-order valence-electron chi connectivity index (χ0n) is 75.5. The van der Waals surface area contributed by atoms with Gasteiger partial charge in [-0.15, -0.1) is 0 Å². The first-order valence-electron chi connectivity index (χ1n) is 48.9. The van der Waals surface area contributed by atoms with Gasteiger partial charge >= 0.3 is 23.9 Å². The summed E-state index contributed by atoms with van der Waals surface area (Å²) in [4.78, 5) is 56.7. The largest absolute Gasteiger partial charge is 0.457 e. The number of hydrogen-bond donors (Lipinski definition) is 8. The Kier molecular flexibility index (Phi) is 55.1. The van der Waals surface area contributed by atoms with Gasteiger partial charge in [0, 0.05) is 25.7 Å². The Morgan fingerprint density at radius 1 is 0.317 bits per heavy atom. The normalized spacial score (nSPS) is 33.1. The molecule has 0 aromatic carbocycles. The van der Waals surface area contributed by atoms with E-state index >= 15 is 0 Å². The van der Waals surface area contributed by atoms with Crippen LogP contribution in [0, 0.1) is 0 Å². The maximum absolute atomic E-state index is 14.9. The Balaban J connectivity index is 1.31. The Morgan fingerprint density at radius 3 is 1.18 bits per heavy atom. The van der Waals surface area contributed by atoms with Crippen LogP contribution in [0.4, 0.5) is 0 Å². The first-order chi connectivity index (χ1) is 58.2. The molecular formula is C94H170O26. The number of carbonyl (C=O) groups excluding carboxylic acids is 4. The molecule has 6 aliphatic heterocycles. The molecule has 6 fully saturated rings. The van der Waals surface area contributed by atoms with E-state index in [2.05, 4.69) is 27.7 Å². The molecule has 6 heterocycles. The summed E-state index contributed by atoms with van der Waals surface area (Å²) in [5.74, 6) is -2.79. The number of aliphatic hydroxyl groups is 8. The van der Waals surface area contributed by atoms with Crippen LogP contribution in [0.2, 0.25) is 0 Å². The van der Waals surface area contributed by atoms with Crippen molar-refractivity contribution in [2.75, 3.05) is 6.61 Å². The van der Waals surface area contributed by atoms with Gasteiger partial charge in [0.05, 0.1) is 37.1 Å². The van der Waals surface area contributed by atoms with Crippen molar-refractivity contribution in [3.63, 3.8) is 0 Å². The molecule has 6 rings (SSSR count). The number of unbranched alkanes of at least 4 members (excludes halogenated alkanes) is 38. The lowest BCUT2D eigenvalue weighted by atomic mass is 9.95. The van der Waals surface area contributed by atoms with Gasteiger partial charge in [-0.2, -0.15) is 0 Å². The van der Waals surface area contributed by atoms with Crippen LogP contribution in [0.25, 0.3) is 0 Å². The van der Waals surface area contributed by atoms with Crippen LogP contribution in [0.5, 0.6) is 0 Å². The molecule has 26 nitrogen and oxygen atoms in total. The molecule has 6 aliphatic rings. The van der Waals surface area contributed by atoms with E-state index in [0.29, 0.717) is 51.4 Å². The fourth-order valence-electron chi connectivity index (χ4n) is 17.8. The van der Waals surface area contributed by atoms with Crippen LogP contribution in [0.15, 0.2) is 0 Å². The summed E-state index contributed by atoms with van der Waals surface area (Å²) in [5.41, 5.74) is 0. The first-order valence-corrected chi connectivity index (χ1v) is 48.9. The molecule has 26 unspecified atom stereocenters. The number of aliphatic hydroxyl groups excluding tert-OH is 8. The third-order valence-electron chi connectivity index (χ3n) is 25.4. The highest BCUT2D eigenvalue weighted by molar-refractivity contribution is 5.71. The fraction of sp³-hybridized carbons (Fsp3) is 0.957. The zero-order valence-corrected chi connectivity index (χ0v) is 75.5. The molecule has 0 amide bonds. The van der Waals surface area contributed by atoms with Crippen molar-refractivity contribution in [2.24, 2.45) is 0 Å². The molecule has 0 spiro atoms. The summed E-state index contributed by atoms with van der Waals surface area (Å²) in [6.07, 6.45) is 11.9. The van der Waals surface area contributed by atoms with Gasteiger partial charge < -0.3 is 107 Å². The SMILES string of the molecule is CCCCCCCCCCCCCCCC(=O)OC1C(C)OC(OC2C(C)OC(OC3C(C)OC4OC5C(OC(CCCCC)CCCCCCCCCC(=O)OC3C4O)OC(C)C(O)C5O)C(OC(=O)CCCCCCCCCCCCCCC)C2OC2OC(CO)C(O)C(OC(=O)CCCCCCCCCCCCCCC)C2O)C(O)C1O. The maximum atomic E-state index is 14.9. The van der Waals surface area contributed by atoms with E-state index in [4.69, 9.17) is 66.3 Å². The van der Waals surface area contributed by atoms with Crippen molar-refractivity contribution in [3.8, 4) is 0 Å². The highest BCUT2D eigenvalue weighted by Gasteiger charge is 2.59. The lowest BCUT2D eigenvalue weighted by Crippen LogP contribution is -2.68. The van der Waals surface area contributed by atoms with E-state index in [1.165, 1.54) is 142 Å². The average Bonchev–Trinajstić information content (AvgIpc) is 0.760. The topological polar surface area (TPSA) is 359 Å². The monoisotopic (exact) mass is 1720 g/mol. The minimum absolute atomic E-state index is 0.0455. The van der Waals surface area contributed by atoms with E-state index < -0.39 is 184 Å². The Labute approximate surface area is 721 Å². The van der Waals surface area contributed by atoms with Crippen molar-refractivity contribution < 1.29 is 126 Å². The third-order valence-corrected chi connectivity index (χ3v) is 25.4. The maximum Gasteiger partial charge on any atom is 0.306 e. The molecule has 0 saturated carbocycles. The van der Waals surface area contributed by atoms with Crippen molar-refractivity contribution >= 4 is 23.9 Å². The van der Waals surface area contributed by atoms with Crippen molar-refractivity contribution in [1.82, 2.24) is 0 Å². The number of rotatable bonds is 56. The van der Waals surface area contributed by atoms with Gasteiger partial charge in [-0.25, -0.2) is 0 Å².